The maximum atomic E-state index is 12.5. The molecule has 0 aliphatic carbocycles. The quantitative estimate of drug-likeness (QED) is 0.641. The van der Waals surface area contributed by atoms with Crippen molar-refractivity contribution in [2.45, 2.75) is 20.3 Å². The van der Waals surface area contributed by atoms with Gasteiger partial charge in [-0.2, -0.15) is 0 Å². The predicted molar refractivity (Wildman–Crippen MR) is 112 cm³/mol. The summed E-state index contributed by atoms with van der Waals surface area (Å²) in [5.41, 5.74) is 5.70. The highest BCUT2D eigenvalue weighted by Crippen LogP contribution is 2.24. The maximum absolute atomic E-state index is 12.5. The molecule has 0 unspecified atom stereocenters. The Hall–Kier alpha value is -3.34. The molecule has 0 radical (unpaired) electrons. The number of aryl methyl sites for hydroxylation is 2. The zero-order valence-electron chi connectivity index (χ0n) is 16.5. The van der Waals surface area contributed by atoms with Gasteiger partial charge < -0.3 is 15.4 Å². The highest BCUT2D eigenvalue weighted by molar-refractivity contribution is 5.94. The Labute approximate surface area is 165 Å². The number of benzene rings is 2. The van der Waals surface area contributed by atoms with Crippen LogP contribution in [-0.2, 0) is 6.42 Å². The Balaban J connectivity index is 1.64. The Morgan fingerprint density at radius 1 is 1.04 bits per heavy atom. The third-order valence-electron chi connectivity index (χ3n) is 4.62. The van der Waals surface area contributed by atoms with Crippen LogP contribution in [-0.4, -0.2) is 24.5 Å². The van der Waals surface area contributed by atoms with E-state index in [0.29, 0.717) is 18.5 Å². The van der Waals surface area contributed by atoms with Gasteiger partial charge in [0.25, 0.3) is 5.91 Å². The Bertz CT molecular complexity index is 949. The molecule has 0 spiro atoms. The van der Waals surface area contributed by atoms with E-state index in [0.717, 1.165) is 33.8 Å². The molecule has 0 aliphatic heterocycles. The first-order valence-electron chi connectivity index (χ1n) is 9.27. The van der Waals surface area contributed by atoms with Crippen LogP contribution in [0.15, 0.2) is 60.9 Å². The minimum Gasteiger partial charge on any atom is -0.496 e. The second-order valence-corrected chi connectivity index (χ2v) is 6.67. The van der Waals surface area contributed by atoms with Crippen LogP contribution in [0.5, 0.6) is 5.75 Å². The number of amides is 1. The molecule has 28 heavy (non-hydrogen) atoms. The van der Waals surface area contributed by atoms with E-state index >= 15 is 0 Å². The van der Waals surface area contributed by atoms with Gasteiger partial charge in [0.15, 0.2) is 0 Å². The number of methoxy groups -OCH3 is 1. The first-order valence-corrected chi connectivity index (χ1v) is 9.27. The van der Waals surface area contributed by atoms with E-state index in [1.54, 1.807) is 19.5 Å². The molecule has 2 aromatic carbocycles. The number of pyridine rings is 1. The topological polar surface area (TPSA) is 63.2 Å². The number of aromatic nitrogens is 1. The highest BCUT2D eigenvalue weighted by Gasteiger charge is 2.09. The first-order chi connectivity index (χ1) is 13.6. The van der Waals surface area contributed by atoms with Gasteiger partial charge in [0, 0.05) is 18.4 Å². The molecule has 3 rings (SSSR count). The molecular weight excluding hydrogens is 350 g/mol. The number of hydrogen-bond donors (Lipinski definition) is 2. The minimum absolute atomic E-state index is 0.146. The number of hydrogen-bond acceptors (Lipinski definition) is 4. The number of rotatable bonds is 7. The average molecular weight is 375 g/mol. The van der Waals surface area contributed by atoms with E-state index in [4.69, 9.17) is 4.74 Å². The van der Waals surface area contributed by atoms with Gasteiger partial charge >= 0.3 is 0 Å². The van der Waals surface area contributed by atoms with Gasteiger partial charge in [0.2, 0.25) is 0 Å². The molecule has 0 atom stereocenters. The zero-order valence-corrected chi connectivity index (χ0v) is 16.5. The summed E-state index contributed by atoms with van der Waals surface area (Å²) in [6, 6.07) is 15.8. The molecule has 5 nitrogen and oxygen atoms in total. The van der Waals surface area contributed by atoms with Crippen LogP contribution in [0.25, 0.3) is 0 Å². The standard InChI is InChI=1S/C23H25N3O2/c1-16-7-6-8-17(2)22(16)26-20-13-19(14-24-15-20)23(27)25-12-11-18-9-4-5-10-21(18)28-3/h4-10,13-15,26H,11-12H2,1-3H3,(H,25,27). The second kappa shape index (κ2) is 9.04. The lowest BCUT2D eigenvalue weighted by Gasteiger charge is -2.13. The monoisotopic (exact) mass is 375 g/mol. The zero-order chi connectivity index (χ0) is 19.9. The molecule has 3 aromatic rings. The molecule has 1 amide bonds. The molecule has 0 aliphatic rings. The molecule has 144 valence electrons. The largest absolute Gasteiger partial charge is 0.496 e. The van der Waals surface area contributed by atoms with Crippen LogP contribution in [0.4, 0.5) is 11.4 Å². The SMILES string of the molecule is COc1ccccc1CCNC(=O)c1cncc(Nc2c(C)cccc2C)c1. The van der Waals surface area contributed by atoms with Crippen LogP contribution < -0.4 is 15.4 Å². The summed E-state index contributed by atoms with van der Waals surface area (Å²) in [5.74, 6) is 0.686. The van der Waals surface area contributed by atoms with Gasteiger partial charge in [0.1, 0.15) is 5.75 Å². The fourth-order valence-corrected chi connectivity index (χ4v) is 3.11. The fourth-order valence-electron chi connectivity index (χ4n) is 3.11. The number of nitrogens with one attached hydrogen (secondary N) is 2. The van der Waals surface area contributed by atoms with E-state index in [1.807, 2.05) is 36.4 Å². The summed E-state index contributed by atoms with van der Waals surface area (Å²) < 4.78 is 5.35. The second-order valence-electron chi connectivity index (χ2n) is 6.67. The van der Waals surface area contributed by atoms with Gasteiger partial charge in [-0.05, 0) is 49.1 Å². The van der Waals surface area contributed by atoms with Gasteiger partial charge in [-0.3, -0.25) is 9.78 Å². The summed E-state index contributed by atoms with van der Waals surface area (Å²) in [7, 11) is 1.65. The maximum Gasteiger partial charge on any atom is 0.252 e. The number of ether oxygens (including phenoxy) is 1. The van der Waals surface area contributed by atoms with Gasteiger partial charge in [-0.15, -0.1) is 0 Å². The molecule has 5 heteroatoms. The van der Waals surface area contributed by atoms with E-state index in [-0.39, 0.29) is 5.91 Å². The lowest BCUT2D eigenvalue weighted by molar-refractivity contribution is 0.0953. The fraction of sp³-hybridized carbons (Fsp3) is 0.217. The molecule has 0 bridgehead atoms. The highest BCUT2D eigenvalue weighted by atomic mass is 16.5. The van der Waals surface area contributed by atoms with Crippen molar-refractivity contribution in [1.82, 2.24) is 10.3 Å². The Kier molecular flexibility index (Phi) is 6.27. The first kappa shape index (κ1) is 19.4. The van der Waals surface area contributed by atoms with Crippen LogP contribution in [0.1, 0.15) is 27.0 Å². The van der Waals surface area contributed by atoms with Crippen LogP contribution in [0.3, 0.4) is 0 Å². The van der Waals surface area contributed by atoms with E-state index in [2.05, 4.69) is 41.6 Å². The van der Waals surface area contributed by atoms with E-state index in [1.165, 1.54) is 0 Å². The summed E-state index contributed by atoms with van der Waals surface area (Å²) in [5, 5.41) is 6.32. The average Bonchev–Trinajstić information content (AvgIpc) is 2.71. The van der Waals surface area contributed by atoms with Crippen LogP contribution >= 0.6 is 0 Å². The van der Waals surface area contributed by atoms with Crippen molar-refractivity contribution in [3.05, 3.63) is 83.2 Å². The van der Waals surface area contributed by atoms with Crippen molar-refractivity contribution >= 4 is 17.3 Å². The van der Waals surface area contributed by atoms with E-state index in [9.17, 15) is 4.79 Å². The van der Waals surface area contributed by atoms with Crippen molar-refractivity contribution in [3.63, 3.8) is 0 Å². The number of carbonyl (C=O) groups excluding carboxylic acids is 1. The summed E-state index contributed by atoms with van der Waals surface area (Å²) in [4.78, 5) is 16.7. The van der Waals surface area contributed by atoms with Crippen molar-refractivity contribution in [1.29, 1.82) is 0 Å². The number of nitrogens with zero attached hydrogens (tertiary/aromatic N) is 1. The predicted octanol–water partition coefficient (Wildman–Crippen LogP) is 4.42. The molecule has 0 saturated carbocycles. The molecule has 2 N–H and O–H groups in total. The lowest BCUT2D eigenvalue weighted by Crippen LogP contribution is -2.26. The summed E-state index contributed by atoms with van der Waals surface area (Å²) in [6.45, 7) is 4.63. The molecule has 1 heterocycles. The smallest absolute Gasteiger partial charge is 0.252 e. The third-order valence-corrected chi connectivity index (χ3v) is 4.62. The van der Waals surface area contributed by atoms with Crippen molar-refractivity contribution in [3.8, 4) is 5.75 Å². The van der Waals surface area contributed by atoms with E-state index < -0.39 is 0 Å². The van der Waals surface area contributed by atoms with Crippen molar-refractivity contribution in [2.24, 2.45) is 0 Å². The van der Waals surface area contributed by atoms with Crippen LogP contribution in [0.2, 0.25) is 0 Å². The molecule has 1 aromatic heterocycles. The number of para-hydroxylation sites is 2. The molecule has 0 saturated heterocycles. The van der Waals surface area contributed by atoms with Gasteiger partial charge in [-0.1, -0.05) is 36.4 Å². The van der Waals surface area contributed by atoms with Gasteiger partial charge in [-0.25, -0.2) is 0 Å². The van der Waals surface area contributed by atoms with Crippen molar-refractivity contribution in [2.75, 3.05) is 19.0 Å². The van der Waals surface area contributed by atoms with Crippen LogP contribution in [0, 0.1) is 13.8 Å². The minimum atomic E-state index is -0.146. The van der Waals surface area contributed by atoms with Gasteiger partial charge in [0.05, 0.1) is 24.6 Å². The Morgan fingerprint density at radius 3 is 2.54 bits per heavy atom. The molecular formula is C23H25N3O2. The summed E-state index contributed by atoms with van der Waals surface area (Å²) in [6.07, 6.45) is 4.00. The third kappa shape index (κ3) is 4.68. The number of anilines is 2. The lowest BCUT2D eigenvalue weighted by atomic mass is 10.1. The summed E-state index contributed by atoms with van der Waals surface area (Å²) >= 11 is 0. The van der Waals surface area contributed by atoms with Crippen molar-refractivity contribution < 1.29 is 9.53 Å². The molecule has 0 fully saturated rings. The Morgan fingerprint density at radius 2 is 1.79 bits per heavy atom. The normalized spacial score (nSPS) is 10.4. The number of carbonyl (C=O) groups is 1.